The van der Waals surface area contributed by atoms with Crippen molar-refractivity contribution in [3.63, 3.8) is 0 Å². The summed E-state index contributed by atoms with van der Waals surface area (Å²) >= 11 is 0. The van der Waals surface area contributed by atoms with Crippen LogP contribution < -0.4 is 5.48 Å². The molecular formula is C13H19NO3. The van der Waals surface area contributed by atoms with Crippen molar-refractivity contribution in [2.24, 2.45) is 23.2 Å². The fourth-order valence-corrected chi connectivity index (χ4v) is 4.94. The first-order valence-electron chi connectivity index (χ1n) is 6.58. The van der Waals surface area contributed by atoms with Gasteiger partial charge in [-0.25, -0.2) is 4.79 Å². The van der Waals surface area contributed by atoms with E-state index in [0.29, 0.717) is 12.8 Å². The van der Waals surface area contributed by atoms with E-state index in [0.717, 1.165) is 17.8 Å². The second-order valence-corrected chi connectivity index (χ2v) is 6.30. The zero-order chi connectivity index (χ0) is 11.9. The zero-order valence-electron chi connectivity index (χ0n) is 9.98. The van der Waals surface area contributed by atoms with Crippen LogP contribution in [-0.4, -0.2) is 12.4 Å². The van der Waals surface area contributed by atoms with E-state index in [-0.39, 0.29) is 11.4 Å². The molecule has 1 N–H and O–H groups in total. The summed E-state index contributed by atoms with van der Waals surface area (Å²) in [6, 6.07) is 0. The molecule has 0 aromatic carbocycles. The van der Waals surface area contributed by atoms with Gasteiger partial charge in [0.15, 0.2) is 0 Å². The number of hydrogen-bond donors (Lipinski definition) is 1. The van der Waals surface area contributed by atoms with Crippen LogP contribution in [0.4, 0.5) is 0 Å². The van der Waals surface area contributed by atoms with E-state index in [1.807, 2.05) is 5.48 Å². The Hall–Kier alpha value is -1.06. The van der Waals surface area contributed by atoms with E-state index in [1.165, 1.54) is 38.5 Å². The molecule has 0 radical (unpaired) electrons. The van der Waals surface area contributed by atoms with Gasteiger partial charge in [0, 0.05) is 0 Å². The van der Waals surface area contributed by atoms with Crippen molar-refractivity contribution in [1.82, 2.24) is 5.48 Å². The Morgan fingerprint density at radius 3 is 2.18 bits per heavy atom. The summed E-state index contributed by atoms with van der Waals surface area (Å²) in [6.07, 6.45) is 8.58. The first-order chi connectivity index (χ1) is 8.19. The third-order valence-electron chi connectivity index (χ3n) is 4.91. The molecular weight excluding hydrogens is 218 g/mol. The molecule has 0 unspecified atom stereocenters. The van der Waals surface area contributed by atoms with E-state index in [4.69, 9.17) is 0 Å². The highest BCUT2D eigenvalue weighted by atomic mass is 16.7. The molecule has 1 amide bonds. The van der Waals surface area contributed by atoms with Crippen LogP contribution in [0.5, 0.6) is 0 Å². The number of hydroxylamine groups is 1. The summed E-state index contributed by atoms with van der Waals surface area (Å²) in [4.78, 5) is 26.4. The van der Waals surface area contributed by atoms with E-state index in [1.54, 1.807) is 0 Å². The van der Waals surface area contributed by atoms with Gasteiger partial charge in [-0.15, -0.1) is 0 Å². The van der Waals surface area contributed by atoms with Crippen molar-refractivity contribution in [2.45, 2.75) is 44.9 Å². The predicted molar refractivity (Wildman–Crippen MR) is 60.5 cm³/mol. The summed E-state index contributed by atoms with van der Waals surface area (Å²) in [6.45, 7) is 0. The average Bonchev–Trinajstić information content (AvgIpc) is 2.23. The normalized spacial score (nSPS) is 42.2. The number of carbonyl (C=O) groups excluding carboxylic acids is 2. The maximum absolute atomic E-state index is 11.6. The first kappa shape index (κ1) is 11.1. The Balaban J connectivity index is 1.65. The van der Waals surface area contributed by atoms with Gasteiger partial charge in [-0.2, -0.15) is 5.48 Å². The summed E-state index contributed by atoms with van der Waals surface area (Å²) < 4.78 is 0. The van der Waals surface area contributed by atoms with Gasteiger partial charge < -0.3 is 4.84 Å². The van der Waals surface area contributed by atoms with Crippen LogP contribution in [0, 0.1) is 23.2 Å². The largest absolute Gasteiger partial charge is 0.341 e. The van der Waals surface area contributed by atoms with Crippen LogP contribution in [0.25, 0.3) is 0 Å². The van der Waals surface area contributed by atoms with Gasteiger partial charge in [-0.1, -0.05) is 0 Å². The lowest BCUT2D eigenvalue weighted by Gasteiger charge is -2.56. The summed E-state index contributed by atoms with van der Waals surface area (Å²) in [5.74, 6) is 2.24. The van der Waals surface area contributed by atoms with Crippen LogP contribution in [0.2, 0.25) is 0 Å². The van der Waals surface area contributed by atoms with Crippen LogP contribution in [0.15, 0.2) is 0 Å². The van der Waals surface area contributed by atoms with E-state index < -0.39 is 0 Å². The second-order valence-electron chi connectivity index (χ2n) is 6.30. The van der Waals surface area contributed by atoms with Gasteiger partial charge in [0.1, 0.15) is 0 Å². The molecule has 4 aliphatic rings. The van der Waals surface area contributed by atoms with Crippen molar-refractivity contribution < 1.29 is 14.4 Å². The monoisotopic (exact) mass is 237 g/mol. The van der Waals surface area contributed by atoms with Gasteiger partial charge in [0.2, 0.25) is 6.41 Å². The molecule has 17 heavy (non-hydrogen) atoms. The molecule has 4 rings (SSSR count). The number of amides is 1. The summed E-state index contributed by atoms with van der Waals surface area (Å²) in [7, 11) is 0. The van der Waals surface area contributed by atoms with Crippen LogP contribution >= 0.6 is 0 Å². The third kappa shape index (κ3) is 2.05. The van der Waals surface area contributed by atoms with E-state index >= 15 is 0 Å². The zero-order valence-corrected chi connectivity index (χ0v) is 9.98. The molecule has 0 aromatic rings. The molecule has 4 heteroatoms. The van der Waals surface area contributed by atoms with Crippen LogP contribution in [-0.2, 0) is 14.4 Å². The summed E-state index contributed by atoms with van der Waals surface area (Å²) in [5.41, 5.74) is 2.19. The maximum Gasteiger partial charge on any atom is 0.332 e. The number of carbonyl (C=O) groups is 2. The standard InChI is InChI=1S/C13H19NO3/c15-8-14-17-12(16)7-13-4-9-1-10(5-13)3-11(2-9)6-13/h8-11H,1-7H2,(H,14,15). The Bertz CT molecular complexity index is 304. The molecule has 4 aliphatic carbocycles. The first-order valence-corrected chi connectivity index (χ1v) is 6.58. The lowest BCUT2D eigenvalue weighted by molar-refractivity contribution is -0.161. The number of nitrogens with one attached hydrogen (secondary N) is 1. The van der Waals surface area contributed by atoms with Gasteiger partial charge >= 0.3 is 5.97 Å². The van der Waals surface area contributed by atoms with Gasteiger partial charge in [-0.05, 0) is 61.7 Å². The smallest absolute Gasteiger partial charge is 0.332 e. The highest BCUT2D eigenvalue weighted by Gasteiger charge is 2.51. The maximum atomic E-state index is 11.6. The lowest BCUT2D eigenvalue weighted by atomic mass is 9.49. The van der Waals surface area contributed by atoms with Crippen LogP contribution in [0.3, 0.4) is 0 Å². The van der Waals surface area contributed by atoms with Gasteiger partial charge in [0.25, 0.3) is 0 Å². The minimum Gasteiger partial charge on any atom is -0.341 e. The molecule has 94 valence electrons. The minimum absolute atomic E-state index is 0.191. The SMILES string of the molecule is O=CNOC(=O)CC12CC3CC(CC(C3)C1)C2. The van der Waals surface area contributed by atoms with Crippen molar-refractivity contribution >= 4 is 12.4 Å². The van der Waals surface area contributed by atoms with E-state index in [9.17, 15) is 9.59 Å². The van der Waals surface area contributed by atoms with Crippen molar-refractivity contribution in [1.29, 1.82) is 0 Å². The average molecular weight is 237 g/mol. The molecule has 0 heterocycles. The van der Waals surface area contributed by atoms with Gasteiger partial charge in [-0.3, -0.25) is 4.79 Å². The second kappa shape index (κ2) is 4.00. The number of rotatable bonds is 4. The minimum atomic E-state index is -0.279. The third-order valence-corrected chi connectivity index (χ3v) is 4.91. The highest BCUT2D eigenvalue weighted by molar-refractivity contribution is 5.71. The number of hydrogen-bond acceptors (Lipinski definition) is 3. The Labute approximate surface area is 101 Å². The Kier molecular flexibility index (Phi) is 2.60. The van der Waals surface area contributed by atoms with Crippen molar-refractivity contribution in [3.05, 3.63) is 0 Å². The molecule has 0 aliphatic heterocycles. The quantitative estimate of drug-likeness (QED) is 0.599. The molecule has 0 saturated heterocycles. The topological polar surface area (TPSA) is 55.4 Å². The fraction of sp³-hybridized carbons (Fsp3) is 0.846. The van der Waals surface area contributed by atoms with Crippen molar-refractivity contribution in [2.75, 3.05) is 0 Å². The van der Waals surface area contributed by atoms with Crippen LogP contribution in [0.1, 0.15) is 44.9 Å². The molecule has 0 atom stereocenters. The van der Waals surface area contributed by atoms with Gasteiger partial charge in [0.05, 0.1) is 6.42 Å². The Morgan fingerprint density at radius 1 is 1.18 bits per heavy atom. The summed E-state index contributed by atoms with van der Waals surface area (Å²) in [5, 5.41) is 0. The molecule has 0 aromatic heterocycles. The predicted octanol–water partition coefficient (Wildman–Crippen LogP) is 1.80. The lowest BCUT2D eigenvalue weighted by Crippen LogP contribution is -2.47. The van der Waals surface area contributed by atoms with E-state index in [2.05, 4.69) is 4.84 Å². The Morgan fingerprint density at radius 2 is 1.71 bits per heavy atom. The molecule has 0 spiro atoms. The highest BCUT2D eigenvalue weighted by Crippen LogP contribution is 2.61. The molecule has 4 saturated carbocycles. The fourth-order valence-electron chi connectivity index (χ4n) is 4.94. The molecule has 4 fully saturated rings. The molecule has 4 bridgehead atoms. The molecule has 4 nitrogen and oxygen atoms in total. The van der Waals surface area contributed by atoms with Crippen molar-refractivity contribution in [3.8, 4) is 0 Å².